The molecule has 0 spiro atoms. The fraction of sp³-hybridized carbons (Fsp3) is 0.455. The third-order valence-corrected chi connectivity index (χ3v) is 5.65. The number of para-hydroxylation sites is 1. The van der Waals surface area contributed by atoms with Crippen LogP contribution >= 0.6 is 0 Å². The number of hydrogen-bond acceptors (Lipinski definition) is 2. The highest BCUT2D eigenvalue weighted by atomic mass is 15.2. The summed E-state index contributed by atoms with van der Waals surface area (Å²) in [6.07, 6.45) is 2.46. The van der Waals surface area contributed by atoms with Gasteiger partial charge in [0.2, 0.25) is 0 Å². The van der Waals surface area contributed by atoms with E-state index in [1.54, 1.807) is 0 Å². The maximum atomic E-state index is 3.48. The van der Waals surface area contributed by atoms with Gasteiger partial charge in [0.1, 0.15) is 0 Å². The topological polar surface area (TPSA) is 20.2 Å². The van der Waals surface area contributed by atoms with Crippen LogP contribution in [0.1, 0.15) is 38.3 Å². The molecule has 0 bridgehead atoms. The van der Waals surface area contributed by atoms with E-state index in [2.05, 4.69) is 71.1 Å². The van der Waals surface area contributed by atoms with Gasteiger partial charge in [-0.1, -0.05) is 37.6 Å². The molecule has 132 valence electrons. The Kier molecular flexibility index (Phi) is 4.78. The largest absolute Gasteiger partial charge is 0.341 e. The van der Waals surface area contributed by atoms with Crippen molar-refractivity contribution in [3.8, 4) is 0 Å². The second-order valence-electron chi connectivity index (χ2n) is 7.13. The van der Waals surface area contributed by atoms with Crippen molar-refractivity contribution in [2.24, 2.45) is 0 Å². The lowest BCUT2D eigenvalue weighted by Crippen LogP contribution is -2.45. The van der Waals surface area contributed by atoms with Crippen molar-refractivity contribution in [2.45, 2.75) is 39.3 Å². The van der Waals surface area contributed by atoms with Crippen LogP contribution in [0.25, 0.3) is 21.8 Å². The molecule has 2 heterocycles. The van der Waals surface area contributed by atoms with Gasteiger partial charge in [0, 0.05) is 60.6 Å². The molecule has 1 atom stereocenters. The Morgan fingerprint density at radius 3 is 2.48 bits per heavy atom. The number of nitrogens with zero attached hydrogens (tertiary/aromatic N) is 2. The van der Waals surface area contributed by atoms with Gasteiger partial charge in [-0.25, -0.2) is 0 Å². The summed E-state index contributed by atoms with van der Waals surface area (Å²) in [5.74, 6) is 0. The number of aryl methyl sites for hydroxylation is 1. The molecule has 0 unspecified atom stereocenters. The minimum atomic E-state index is 0.542. The highest BCUT2D eigenvalue weighted by Gasteiger charge is 2.22. The van der Waals surface area contributed by atoms with Crippen molar-refractivity contribution >= 4 is 21.8 Å². The summed E-state index contributed by atoms with van der Waals surface area (Å²) in [6.45, 7) is 10.1. The van der Waals surface area contributed by atoms with Gasteiger partial charge in [-0.05, 0) is 37.1 Å². The van der Waals surface area contributed by atoms with E-state index >= 15 is 0 Å². The number of piperazine rings is 1. The van der Waals surface area contributed by atoms with E-state index in [9.17, 15) is 0 Å². The molecule has 2 aromatic carbocycles. The molecule has 3 heteroatoms. The number of nitrogens with one attached hydrogen (secondary N) is 1. The highest BCUT2D eigenvalue weighted by Crippen LogP contribution is 2.33. The third kappa shape index (κ3) is 2.96. The molecule has 1 N–H and O–H groups in total. The van der Waals surface area contributed by atoms with E-state index in [0.29, 0.717) is 6.04 Å². The van der Waals surface area contributed by atoms with Crippen LogP contribution in [0.2, 0.25) is 0 Å². The summed E-state index contributed by atoms with van der Waals surface area (Å²) in [4.78, 5) is 2.67. The molecule has 4 rings (SSSR count). The Bertz CT molecular complexity index is 858. The maximum absolute atomic E-state index is 3.48. The lowest BCUT2D eigenvalue weighted by molar-refractivity contribution is 0.165. The van der Waals surface area contributed by atoms with E-state index in [0.717, 1.165) is 32.7 Å². The Hall–Kier alpha value is -1.84. The molecule has 1 aliphatic heterocycles. The van der Waals surface area contributed by atoms with Gasteiger partial charge >= 0.3 is 0 Å². The summed E-state index contributed by atoms with van der Waals surface area (Å²) >= 11 is 0. The summed E-state index contributed by atoms with van der Waals surface area (Å²) in [6, 6.07) is 16.6. The van der Waals surface area contributed by atoms with Gasteiger partial charge in [-0.2, -0.15) is 0 Å². The van der Waals surface area contributed by atoms with Gasteiger partial charge in [0.15, 0.2) is 0 Å². The van der Waals surface area contributed by atoms with Crippen LogP contribution in [-0.2, 0) is 6.54 Å². The molecule has 0 saturated carbocycles. The lowest BCUT2D eigenvalue weighted by Gasteiger charge is -2.35. The van der Waals surface area contributed by atoms with Crippen LogP contribution in [0.3, 0.4) is 0 Å². The fourth-order valence-corrected chi connectivity index (χ4v) is 4.45. The van der Waals surface area contributed by atoms with E-state index in [1.165, 1.54) is 40.2 Å². The maximum Gasteiger partial charge on any atom is 0.0491 e. The molecule has 0 radical (unpaired) electrons. The van der Waals surface area contributed by atoms with Crippen molar-refractivity contribution in [3.05, 3.63) is 48.0 Å². The van der Waals surface area contributed by atoms with E-state index in [1.807, 2.05) is 0 Å². The van der Waals surface area contributed by atoms with Gasteiger partial charge < -0.3 is 9.88 Å². The minimum absolute atomic E-state index is 0.542. The highest BCUT2D eigenvalue weighted by molar-refractivity contribution is 6.08. The number of fused-ring (bicyclic) bond motifs is 3. The Labute approximate surface area is 150 Å². The van der Waals surface area contributed by atoms with Gasteiger partial charge in [0.05, 0.1) is 0 Å². The van der Waals surface area contributed by atoms with Gasteiger partial charge in [-0.15, -0.1) is 0 Å². The zero-order valence-electron chi connectivity index (χ0n) is 15.5. The zero-order valence-corrected chi connectivity index (χ0v) is 15.5. The summed E-state index contributed by atoms with van der Waals surface area (Å²) in [5.41, 5.74) is 4.20. The van der Waals surface area contributed by atoms with Crippen molar-refractivity contribution < 1.29 is 0 Å². The van der Waals surface area contributed by atoms with Crippen LogP contribution in [0.5, 0.6) is 0 Å². The van der Waals surface area contributed by atoms with Crippen molar-refractivity contribution in [1.82, 2.24) is 14.8 Å². The standard InChI is InChI=1S/C22H29N3/c1-3-7-20(24-14-12-23-13-15-24)17-10-11-22-19(16-17)18-8-5-6-9-21(18)25(22)4-2/h5-6,8-11,16,20,23H,3-4,7,12-15H2,1-2H3/t20-/m0/s1. The minimum Gasteiger partial charge on any atom is -0.341 e. The average molecular weight is 335 g/mol. The van der Waals surface area contributed by atoms with Crippen LogP contribution in [0, 0.1) is 0 Å². The fourth-order valence-electron chi connectivity index (χ4n) is 4.45. The molecule has 1 saturated heterocycles. The second kappa shape index (κ2) is 7.19. The smallest absolute Gasteiger partial charge is 0.0491 e. The number of aromatic nitrogens is 1. The van der Waals surface area contributed by atoms with Crippen LogP contribution in [0.15, 0.2) is 42.5 Å². The first-order chi connectivity index (χ1) is 12.3. The van der Waals surface area contributed by atoms with Crippen LogP contribution in [0.4, 0.5) is 0 Å². The second-order valence-corrected chi connectivity index (χ2v) is 7.13. The predicted octanol–water partition coefficient (Wildman–Crippen LogP) is 4.56. The third-order valence-electron chi connectivity index (χ3n) is 5.65. The molecule has 3 aromatic rings. The first-order valence-electron chi connectivity index (χ1n) is 9.79. The number of rotatable bonds is 5. The normalized spacial score (nSPS) is 17.4. The van der Waals surface area contributed by atoms with E-state index < -0.39 is 0 Å². The molecule has 0 aliphatic carbocycles. The quantitative estimate of drug-likeness (QED) is 0.737. The monoisotopic (exact) mass is 335 g/mol. The lowest BCUT2D eigenvalue weighted by atomic mass is 9.98. The summed E-state index contributed by atoms with van der Waals surface area (Å²) in [5, 5.41) is 6.28. The van der Waals surface area contributed by atoms with Gasteiger partial charge in [0.25, 0.3) is 0 Å². The van der Waals surface area contributed by atoms with E-state index in [-0.39, 0.29) is 0 Å². The first kappa shape index (κ1) is 16.6. The molecule has 1 aromatic heterocycles. The van der Waals surface area contributed by atoms with E-state index in [4.69, 9.17) is 0 Å². The summed E-state index contributed by atoms with van der Waals surface area (Å²) < 4.78 is 2.44. The number of hydrogen-bond donors (Lipinski definition) is 1. The Morgan fingerprint density at radius 1 is 0.960 bits per heavy atom. The molecule has 3 nitrogen and oxygen atoms in total. The molecule has 1 aliphatic rings. The zero-order chi connectivity index (χ0) is 17.2. The predicted molar refractivity (Wildman–Crippen MR) is 107 cm³/mol. The van der Waals surface area contributed by atoms with Crippen LogP contribution < -0.4 is 5.32 Å². The molecule has 0 amide bonds. The SMILES string of the molecule is CCC[C@@H](c1ccc2c(c1)c1ccccc1n2CC)N1CCNCC1. The first-order valence-corrected chi connectivity index (χ1v) is 9.79. The molecule has 25 heavy (non-hydrogen) atoms. The Balaban J connectivity index is 1.82. The van der Waals surface area contributed by atoms with Crippen molar-refractivity contribution in [3.63, 3.8) is 0 Å². The number of benzene rings is 2. The summed E-state index contributed by atoms with van der Waals surface area (Å²) in [7, 11) is 0. The average Bonchev–Trinajstić information content (AvgIpc) is 3.00. The Morgan fingerprint density at radius 2 is 1.72 bits per heavy atom. The van der Waals surface area contributed by atoms with Crippen LogP contribution in [-0.4, -0.2) is 35.6 Å². The molecular formula is C22H29N3. The van der Waals surface area contributed by atoms with Crippen molar-refractivity contribution in [2.75, 3.05) is 26.2 Å². The van der Waals surface area contributed by atoms with Crippen molar-refractivity contribution in [1.29, 1.82) is 0 Å². The molecular weight excluding hydrogens is 306 g/mol. The molecule has 1 fully saturated rings. The van der Waals surface area contributed by atoms with Gasteiger partial charge in [-0.3, -0.25) is 4.90 Å².